The average Bonchev–Trinajstić information content (AvgIpc) is 3.09. The van der Waals surface area contributed by atoms with E-state index in [0.717, 1.165) is 10.7 Å². The number of hydrogen-bond donors (Lipinski definition) is 2. The zero-order valence-corrected chi connectivity index (χ0v) is 15.2. The molecule has 0 fully saturated rings. The Hall–Kier alpha value is -2.13. The lowest BCUT2D eigenvalue weighted by atomic mass is 9.93. The number of benzene rings is 1. The van der Waals surface area contributed by atoms with Gasteiger partial charge in [-0.05, 0) is 25.0 Å². The second-order valence-electron chi connectivity index (χ2n) is 5.71. The van der Waals surface area contributed by atoms with Crippen LogP contribution in [0.5, 0.6) is 0 Å². The molecule has 3 N–H and O–H groups in total. The van der Waals surface area contributed by atoms with Crippen LogP contribution in [0.3, 0.4) is 0 Å². The number of nitrogens with zero attached hydrogens (tertiary/aromatic N) is 3. The van der Waals surface area contributed by atoms with Gasteiger partial charge in [-0.2, -0.15) is 13.2 Å². The van der Waals surface area contributed by atoms with Crippen molar-refractivity contribution in [2.75, 3.05) is 6.54 Å². The van der Waals surface area contributed by atoms with Gasteiger partial charge in [0.05, 0.1) is 23.0 Å². The zero-order chi connectivity index (χ0) is 18.7. The first kappa shape index (κ1) is 21.9. The Morgan fingerprint density at radius 1 is 1.23 bits per heavy atom. The number of nitrogens with two attached hydrogens (primary N) is 1. The smallest absolute Gasteiger partial charge is 0.344 e. The molecule has 0 spiro atoms. The number of amides is 1. The molecule has 2 aromatic rings. The Bertz CT molecular complexity index is 735. The molecule has 0 saturated heterocycles. The van der Waals surface area contributed by atoms with Gasteiger partial charge in [-0.3, -0.25) is 4.79 Å². The van der Waals surface area contributed by atoms with E-state index in [1.807, 2.05) is 13.8 Å². The van der Waals surface area contributed by atoms with Crippen molar-refractivity contribution in [3.8, 4) is 5.69 Å². The number of carbonyl (C=O) groups excluding carboxylic acids is 1. The maximum Gasteiger partial charge on any atom is 0.418 e. The highest BCUT2D eigenvalue weighted by Gasteiger charge is 2.34. The third kappa shape index (κ3) is 4.53. The number of alkyl halides is 3. The number of rotatable bonds is 6. The molecule has 1 amide bonds. The summed E-state index contributed by atoms with van der Waals surface area (Å²) in [7, 11) is 0. The van der Waals surface area contributed by atoms with Gasteiger partial charge in [-0.25, -0.2) is 4.68 Å². The van der Waals surface area contributed by atoms with Gasteiger partial charge < -0.3 is 11.1 Å². The van der Waals surface area contributed by atoms with E-state index in [1.54, 1.807) is 0 Å². The fourth-order valence-electron chi connectivity index (χ4n) is 2.47. The van der Waals surface area contributed by atoms with E-state index < -0.39 is 23.2 Å². The lowest BCUT2D eigenvalue weighted by Gasteiger charge is -2.30. The monoisotopic (exact) mass is 391 g/mol. The van der Waals surface area contributed by atoms with Crippen LogP contribution >= 0.6 is 12.4 Å². The summed E-state index contributed by atoms with van der Waals surface area (Å²) >= 11 is 0. The van der Waals surface area contributed by atoms with Crippen molar-refractivity contribution in [2.45, 2.75) is 38.4 Å². The molecular formula is C16H21ClF3N5O. The number of nitrogens with one attached hydrogen (secondary N) is 1. The van der Waals surface area contributed by atoms with E-state index in [-0.39, 0.29) is 30.3 Å². The molecule has 1 aromatic heterocycles. The molecule has 0 radical (unpaired) electrons. The molecule has 0 bridgehead atoms. The fraction of sp³-hybridized carbons (Fsp3) is 0.438. The average molecular weight is 392 g/mol. The van der Waals surface area contributed by atoms with Crippen LogP contribution in [0.15, 0.2) is 30.5 Å². The van der Waals surface area contributed by atoms with E-state index in [9.17, 15) is 18.0 Å². The second-order valence-corrected chi connectivity index (χ2v) is 5.71. The Labute approximate surface area is 155 Å². The number of para-hydroxylation sites is 1. The van der Waals surface area contributed by atoms with E-state index in [4.69, 9.17) is 5.73 Å². The normalized spacial score (nSPS) is 11.8. The summed E-state index contributed by atoms with van der Waals surface area (Å²) in [4.78, 5) is 12.4. The van der Waals surface area contributed by atoms with Crippen molar-refractivity contribution >= 4 is 18.3 Å². The van der Waals surface area contributed by atoms with Crippen LogP contribution in [-0.4, -0.2) is 33.0 Å². The van der Waals surface area contributed by atoms with Crippen LogP contribution in [0.2, 0.25) is 0 Å². The Balaban J connectivity index is 0.00000338. The third-order valence-electron chi connectivity index (χ3n) is 4.31. The standard InChI is InChI=1S/C16H20F3N5O.ClH/c1-3-15(4-2,10-20)21-14(25)12-9-24(23-22-12)13-8-6-5-7-11(13)16(17,18)19;/h5-9H,3-4,10,20H2,1-2H3,(H,21,25);1H. The van der Waals surface area contributed by atoms with E-state index in [2.05, 4.69) is 15.6 Å². The van der Waals surface area contributed by atoms with Crippen molar-refractivity contribution in [3.05, 3.63) is 41.7 Å². The van der Waals surface area contributed by atoms with Gasteiger partial charge in [-0.15, -0.1) is 17.5 Å². The minimum atomic E-state index is -4.54. The van der Waals surface area contributed by atoms with Gasteiger partial charge in [0.2, 0.25) is 0 Å². The van der Waals surface area contributed by atoms with Gasteiger partial charge in [0.1, 0.15) is 0 Å². The quantitative estimate of drug-likeness (QED) is 0.792. The maximum absolute atomic E-state index is 13.1. The molecule has 26 heavy (non-hydrogen) atoms. The molecule has 0 saturated carbocycles. The van der Waals surface area contributed by atoms with Crippen LogP contribution in [0, 0.1) is 0 Å². The summed E-state index contributed by atoms with van der Waals surface area (Å²) < 4.78 is 40.3. The lowest BCUT2D eigenvalue weighted by molar-refractivity contribution is -0.137. The van der Waals surface area contributed by atoms with Gasteiger partial charge in [0.25, 0.3) is 5.91 Å². The predicted molar refractivity (Wildman–Crippen MR) is 93.4 cm³/mol. The molecule has 1 heterocycles. The Morgan fingerprint density at radius 2 is 1.85 bits per heavy atom. The molecule has 10 heteroatoms. The van der Waals surface area contributed by atoms with Crippen molar-refractivity contribution in [1.29, 1.82) is 0 Å². The minimum Gasteiger partial charge on any atom is -0.344 e. The number of halogens is 4. The van der Waals surface area contributed by atoms with Crippen molar-refractivity contribution in [1.82, 2.24) is 20.3 Å². The summed E-state index contributed by atoms with van der Waals surface area (Å²) in [5.74, 6) is -0.523. The van der Waals surface area contributed by atoms with Crippen LogP contribution in [0.4, 0.5) is 13.2 Å². The van der Waals surface area contributed by atoms with Crippen molar-refractivity contribution < 1.29 is 18.0 Å². The highest BCUT2D eigenvalue weighted by atomic mass is 35.5. The molecule has 1 aromatic carbocycles. The Kier molecular flexibility index (Phi) is 7.16. The first-order valence-corrected chi connectivity index (χ1v) is 7.88. The van der Waals surface area contributed by atoms with Crippen LogP contribution in [0.25, 0.3) is 5.69 Å². The largest absolute Gasteiger partial charge is 0.418 e. The van der Waals surface area contributed by atoms with Crippen molar-refractivity contribution in [2.24, 2.45) is 5.73 Å². The second kappa shape index (κ2) is 8.50. The molecule has 2 rings (SSSR count). The molecule has 6 nitrogen and oxygen atoms in total. The van der Waals surface area contributed by atoms with Gasteiger partial charge in [0.15, 0.2) is 5.69 Å². The van der Waals surface area contributed by atoms with Gasteiger partial charge in [0, 0.05) is 6.54 Å². The molecule has 144 valence electrons. The van der Waals surface area contributed by atoms with Crippen LogP contribution in [0.1, 0.15) is 42.7 Å². The summed E-state index contributed by atoms with van der Waals surface area (Å²) in [5.41, 5.74) is 4.03. The zero-order valence-electron chi connectivity index (χ0n) is 14.4. The first-order chi connectivity index (χ1) is 11.8. The van der Waals surface area contributed by atoms with E-state index in [0.29, 0.717) is 12.8 Å². The highest BCUT2D eigenvalue weighted by molar-refractivity contribution is 5.92. The SMILES string of the molecule is CCC(CC)(CN)NC(=O)c1cn(-c2ccccc2C(F)(F)F)nn1.Cl. The predicted octanol–water partition coefficient (Wildman–Crippen LogP) is 2.96. The van der Waals surface area contributed by atoms with Crippen LogP contribution in [-0.2, 0) is 6.18 Å². The minimum absolute atomic E-state index is 0. The maximum atomic E-state index is 13.1. The molecule has 0 aliphatic carbocycles. The van der Waals surface area contributed by atoms with Crippen LogP contribution < -0.4 is 11.1 Å². The molecule has 0 aliphatic rings. The Morgan fingerprint density at radius 3 is 2.38 bits per heavy atom. The molecule has 0 unspecified atom stereocenters. The summed E-state index contributed by atoms with van der Waals surface area (Å²) in [6.45, 7) is 4.04. The third-order valence-corrected chi connectivity index (χ3v) is 4.31. The summed E-state index contributed by atoms with van der Waals surface area (Å²) in [6.07, 6.45) is -2.12. The highest BCUT2D eigenvalue weighted by Crippen LogP contribution is 2.33. The number of carbonyl (C=O) groups is 1. The van der Waals surface area contributed by atoms with Gasteiger partial charge in [-0.1, -0.05) is 31.2 Å². The topological polar surface area (TPSA) is 85.8 Å². The first-order valence-electron chi connectivity index (χ1n) is 7.88. The number of hydrogen-bond acceptors (Lipinski definition) is 4. The summed E-state index contributed by atoms with van der Waals surface area (Å²) in [6, 6.07) is 4.96. The fourth-order valence-corrected chi connectivity index (χ4v) is 2.47. The lowest BCUT2D eigenvalue weighted by Crippen LogP contribution is -2.53. The number of aromatic nitrogens is 3. The molecular weight excluding hydrogens is 371 g/mol. The van der Waals surface area contributed by atoms with Crippen molar-refractivity contribution in [3.63, 3.8) is 0 Å². The van der Waals surface area contributed by atoms with E-state index in [1.165, 1.54) is 24.4 Å². The molecule has 0 aliphatic heterocycles. The van der Waals surface area contributed by atoms with Gasteiger partial charge >= 0.3 is 6.18 Å². The molecule has 0 atom stereocenters. The van der Waals surface area contributed by atoms with E-state index >= 15 is 0 Å². The summed E-state index contributed by atoms with van der Waals surface area (Å²) in [5, 5.41) is 10.2.